The number of nitriles is 1. The van der Waals surface area contributed by atoms with E-state index >= 15 is 0 Å². The average Bonchev–Trinajstić information content (AvgIpc) is 2.72. The van der Waals surface area contributed by atoms with Gasteiger partial charge in [-0.05, 0) is 12.8 Å². The minimum atomic E-state index is -0.484. The summed E-state index contributed by atoms with van der Waals surface area (Å²) in [7, 11) is 0. The van der Waals surface area contributed by atoms with Crippen molar-refractivity contribution in [2.24, 2.45) is 5.92 Å². The van der Waals surface area contributed by atoms with Crippen molar-refractivity contribution in [1.82, 2.24) is 0 Å². The quantitative estimate of drug-likeness (QED) is 0.592. The fraction of sp³-hybridized carbons (Fsp3) is 0.800. The van der Waals surface area contributed by atoms with Gasteiger partial charge in [-0.25, -0.2) is 0 Å². The number of ether oxygens (including phenoxy) is 2. The lowest BCUT2D eigenvalue weighted by Crippen LogP contribution is -2.41. The van der Waals surface area contributed by atoms with Crippen LogP contribution in [0.15, 0.2) is 12.2 Å². The van der Waals surface area contributed by atoms with E-state index in [1.807, 2.05) is 6.08 Å². The van der Waals surface area contributed by atoms with Gasteiger partial charge in [0, 0.05) is 18.8 Å². The van der Waals surface area contributed by atoms with Crippen molar-refractivity contribution in [3.05, 3.63) is 12.2 Å². The molecule has 1 N–H and O–H groups in total. The van der Waals surface area contributed by atoms with Gasteiger partial charge in [0.1, 0.15) is 6.10 Å². The van der Waals surface area contributed by atoms with Crippen molar-refractivity contribution in [2.75, 3.05) is 0 Å². The van der Waals surface area contributed by atoms with Gasteiger partial charge in [0.05, 0.1) is 18.3 Å². The smallest absolute Gasteiger partial charge is 0.161 e. The van der Waals surface area contributed by atoms with Crippen LogP contribution in [-0.4, -0.2) is 29.7 Å². The molecular weight excluding hydrogens is 242 g/mol. The predicted molar refractivity (Wildman–Crippen MR) is 71.2 cm³/mol. The van der Waals surface area contributed by atoms with Crippen LogP contribution in [0.4, 0.5) is 0 Å². The van der Waals surface area contributed by atoms with Crippen molar-refractivity contribution in [2.45, 2.75) is 70.1 Å². The first-order valence-electron chi connectivity index (χ1n) is 7.28. The maximum Gasteiger partial charge on any atom is 0.161 e. The second-order valence-corrected chi connectivity index (χ2v) is 5.38. The van der Waals surface area contributed by atoms with E-state index < -0.39 is 6.10 Å². The average molecular weight is 265 g/mol. The zero-order valence-corrected chi connectivity index (χ0v) is 11.5. The SMILES string of the molecule is CCCCC/C=C/[C@@H]1O[C@H]2C[C@H](O)[C@H](CC#N)[C@@H]1O2. The highest BCUT2D eigenvalue weighted by atomic mass is 16.7. The molecule has 2 fully saturated rings. The molecule has 2 aliphatic heterocycles. The zero-order chi connectivity index (χ0) is 13.7. The molecule has 2 bridgehead atoms. The van der Waals surface area contributed by atoms with Crippen molar-refractivity contribution in [3.8, 4) is 6.07 Å². The van der Waals surface area contributed by atoms with Gasteiger partial charge < -0.3 is 14.6 Å². The summed E-state index contributed by atoms with van der Waals surface area (Å²) in [5.41, 5.74) is 0. The molecule has 4 heteroatoms. The van der Waals surface area contributed by atoms with E-state index in [1.54, 1.807) is 0 Å². The van der Waals surface area contributed by atoms with Crippen LogP contribution in [0, 0.1) is 17.2 Å². The number of hydrogen-bond donors (Lipinski definition) is 1. The second-order valence-electron chi connectivity index (χ2n) is 5.38. The Hall–Kier alpha value is -0.890. The summed E-state index contributed by atoms with van der Waals surface area (Å²) in [5, 5.41) is 18.9. The summed E-state index contributed by atoms with van der Waals surface area (Å²) >= 11 is 0. The molecule has 19 heavy (non-hydrogen) atoms. The van der Waals surface area contributed by atoms with Gasteiger partial charge in [0.2, 0.25) is 0 Å². The highest BCUT2D eigenvalue weighted by molar-refractivity contribution is 5.04. The van der Waals surface area contributed by atoms with Crippen molar-refractivity contribution in [3.63, 3.8) is 0 Å². The Morgan fingerprint density at radius 2 is 2.21 bits per heavy atom. The van der Waals surface area contributed by atoms with Crippen LogP contribution in [0.2, 0.25) is 0 Å². The molecule has 0 aromatic heterocycles. The fourth-order valence-electron chi connectivity index (χ4n) is 2.84. The highest BCUT2D eigenvalue weighted by Crippen LogP contribution is 2.38. The van der Waals surface area contributed by atoms with Crippen LogP contribution in [0.25, 0.3) is 0 Å². The molecule has 0 aliphatic carbocycles. The minimum absolute atomic E-state index is 0.109. The molecule has 0 amide bonds. The molecule has 2 rings (SSSR count). The highest BCUT2D eigenvalue weighted by Gasteiger charge is 2.47. The van der Waals surface area contributed by atoms with E-state index in [4.69, 9.17) is 14.7 Å². The van der Waals surface area contributed by atoms with E-state index in [1.165, 1.54) is 19.3 Å². The number of allylic oxidation sites excluding steroid dienone is 1. The largest absolute Gasteiger partial charge is 0.392 e. The third kappa shape index (κ3) is 3.56. The topological polar surface area (TPSA) is 62.5 Å². The monoisotopic (exact) mass is 265 g/mol. The third-order valence-corrected chi connectivity index (χ3v) is 3.92. The molecule has 4 nitrogen and oxygen atoms in total. The fourth-order valence-corrected chi connectivity index (χ4v) is 2.84. The van der Waals surface area contributed by atoms with Gasteiger partial charge in [-0.15, -0.1) is 0 Å². The van der Waals surface area contributed by atoms with Crippen molar-refractivity contribution >= 4 is 0 Å². The van der Waals surface area contributed by atoms with E-state index in [0.29, 0.717) is 12.8 Å². The second kappa shape index (κ2) is 7.04. The number of aliphatic hydroxyl groups is 1. The Labute approximate surface area is 115 Å². The number of rotatable bonds is 6. The summed E-state index contributed by atoms with van der Waals surface area (Å²) in [4.78, 5) is 0. The van der Waals surface area contributed by atoms with Gasteiger partial charge in [-0.3, -0.25) is 0 Å². The number of nitrogens with zero attached hydrogens (tertiary/aromatic N) is 1. The van der Waals surface area contributed by atoms with Crippen LogP contribution in [0.1, 0.15) is 45.4 Å². The summed E-state index contributed by atoms with van der Waals surface area (Å²) in [6.45, 7) is 2.19. The summed E-state index contributed by atoms with van der Waals surface area (Å²) in [6, 6.07) is 2.14. The zero-order valence-electron chi connectivity index (χ0n) is 11.5. The maximum atomic E-state index is 10.0. The summed E-state index contributed by atoms with van der Waals surface area (Å²) in [5.74, 6) is -0.131. The van der Waals surface area contributed by atoms with Crippen LogP contribution in [-0.2, 0) is 9.47 Å². The molecular formula is C15H23NO3. The summed E-state index contributed by atoms with van der Waals surface area (Å²) < 4.78 is 11.5. The Balaban J connectivity index is 1.90. The lowest BCUT2D eigenvalue weighted by Gasteiger charge is -2.31. The normalized spacial score (nSPS) is 37.6. The lowest BCUT2D eigenvalue weighted by molar-refractivity contribution is -0.141. The number of aliphatic hydroxyl groups excluding tert-OH is 1. The Morgan fingerprint density at radius 3 is 2.95 bits per heavy atom. The molecule has 106 valence electrons. The Bertz CT molecular complexity index is 350. The van der Waals surface area contributed by atoms with Crippen molar-refractivity contribution in [1.29, 1.82) is 5.26 Å². The molecule has 2 heterocycles. The molecule has 2 saturated heterocycles. The minimum Gasteiger partial charge on any atom is -0.392 e. The van der Waals surface area contributed by atoms with E-state index in [9.17, 15) is 5.11 Å². The van der Waals surface area contributed by atoms with Crippen LogP contribution < -0.4 is 0 Å². The van der Waals surface area contributed by atoms with Gasteiger partial charge in [-0.1, -0.05) is 31.9 Å². The molecule has 0 saturated carbocycles. The van der Waals surface area contributed by atoms with Crippen LogP contribution in [0.3, 0.4) is 0 Å². The lowest BCUT2D eigenvalue weighted by atomic mass is 9.87. The standard InChI is InChI=1S/C15H23NO3/c1-2-3-4-5-6-7-13-15-11(8-9-16)12(17)10-14(18-13)19-15/h6-7,11-15,17H,2-5,8,10H2,1H3/b7-6+/t11-,12-,13-,14+,15-/m0/s1. The number of unbranched alkanes of at least 4 members (excludes halogenated alkanes) is 3. The van der Waals surface area contributed by atoms with Gasteiger partial charge in [-0.2, -0.15) is 5.26 Å². The number of hydrogen-bond acceptors (Lipinski definition) is 4. The van der Waals surface area contributed by atoms with E-state index in [2.05, 4.69) is 19.1 Å². The summed E-state index contributed by atoms with van der Waals surface area (Å²) in [6.07, 6.45) is 8.62. The number of fused-ring (bicyclic) bond motifs is 2. The third-order valence-electron chi connectivity index (χ3n) is 3.92. The predicted octanol–water partition coefficient (Wildman–Crippen LogP) is 2.53. The van der Waals surface area contributed by atoms with Crippen LogP contribution >= 0.6 is 0 Å². The van der Waals surface area contributed by atoms with E-state index in [-0.39, 0.29) is 24.4 Å². The first-order chi connectivity index (χ1) is 9.26. The first kappa shape index (κ1) is 14.5. The molecule has 0 unspecified atom stereocenters. The molecule has 0 aromatic rings. The molecule has 5 atom stereocenters. The van der Waals surface area contributed by atoms with Gasteiger partial charge >= 0.3 is 0 Å². The Kier molecular flexibility index (Phi) is 5.38. The van der Waals surface area contributed by atoms with Gasteiger partial charge in [0.25, 0.3) is 0 Å². The molecule has 0 aromatic carbocycles. The molecule has 0 radical (unpaired) electrons. The van der Waals surface area contributed by atoms with Crippen molar-refractivity contribution < 1.29 is 14.6 Å². The first-order valence-corrected chi connectivity index (χ1v) is 7.28. The van der Waals surface area contributed by atoms with E-state index in [0.717, 1.165) is 6.42 Å². The maximum absolute atomic E-state index is 10.0. The van der Waals surface area contributed by atoms with Gasteiger partial charge in [0.15, 0.2) is 6.29 Å². The Morgan fingerprint density at radius 1 is 1.37 bits per heavy atom. The molecule has 2 aliphatic rings. The molecule has 0 spiro atoms. The van der Waals surface area contributed by atoms with Crippen LogP contribution in [0.5, 0.6) is 0 Å².